The summed E-state index contributed by atoms with van der Waals surface area (Å²) < 4.78 is 5.41. The Balaban J connectivity index is 2.63. The summed E-state index contributed by atoms with van der Waals surface area (Å²) >= 11 is 6.19. The summed E-state index contributed by atoms with van der Waals surface area (Å²) in [7, 11) is 3.46. The fraction of sp³-hybridized carbons (Fsp3) is 0.286. The van der Waals surface area contributed by atoms with Crippen LogP contribution in [0.25, 0.3) is 11.3 Å². The Bertz CT molecular complexity index is 614. The van der Waals surface area contributed by atoms with Crippen molar-refractivity contribution < 1.29 is 4.74 Å². The first-order valence-electron chi connectivity index (χ1n) is 5.93. The monoisotopic (exact) mass is 277 g/mol. The van der Waals surface area contributed by atoms with Crippen LogP contribution >= 0.6 is 11.6 Å². The minimum atomic E-state index is 0.693. The van der Waals surface area contributed by atoms with Gasteiger partial charge in [-0.15, -0.1) is 0 Å². The van der Waals surface area contributed by atoms with E-state index in [0.717, 1.165) is 28.4 Å². The first-order chi connectivity index (χ1) is 9.05. The summed E-state index contributed by atoms with van der Waals surface area (Å²) in [6.45, 7) is 3.80. The molecule has 0 saturated carbocycles. The first kappa shape index (κ1) is 13.6. The van der Waals surface area contributed by atoms with Crippen LogP contribution in [0.15, 0.2) is 18.2 Å². The lowest BCUT2D eigenvalue weighted by Gasteiger charge is -2.12. The van der Waals surface area contributed by atoms with Gasteiger partial charge in [0.25, 0.3) is 0 Å². The molecule has 1 aromatic heterocycles. The molecule has 0 bridgehead atoms. The average molecular weight is 278 g/mol. The van der Waals surface area contributed by atoms with Crippen LogP contribution in [0.3, 0.4) is 0 Å². The van der Waals surface area contributed by atoms with Gasteiger partial charge in [-0.1, -0.05) is 11.6 Å². The normalized spacial score (nSPS) is 10.4. The molecule has 100 valence electrons. The minimum absolute atomic E-state index is 0.693. The second-order valence-corrected chi connectivity index (χ2v) is 4.64. The Labute approximate surface area is 117 Å². The number of rotatable bonds is 3. The van der Waals surface area contributed by atoms with Crippen LogP contribution in [0.4, 0.5) is 5.82 Å². The van der Waals surface area contributed by atoms with E-state index < -0.39 is 0 Å². The summed E-state index contributed by atoms with van der Waals surface area (Å²) in [5.74, 6) is 2.21. The SMILES string of the molecule is CNc1cc(-c2cc(Cl)c(C)cc2OC)nc(C)n1. The molecule has 1 heterocycles. The van der Waals surface area contributed by atoms with Crippen molar-refractivity contribution in [3.63, 3.8) is 0 Å². The third-order valence-corrected chi connectivity index (χ3v) is 3.26. The maximum Gasteiger partial charge on any atom is 0.130 e. The Morgan fingerprint density at radius 3 is 2.53 bits per heavy atom. The maximum absolute atomic E-state index is 6.19. The van der Waals surface area contributed by atoms with Gasteiger partial charge in [-0.05, 0) is 31.5 Å². The predicted molar refractivity (Wildman–Crippen MR) is 78.1 cm³/mol. The van der Waals surface area contributed by atoms with E-state index >= 15 is 0 Å². The summed E-state index contributed by atoms with van der Waals surface area (Å²) in [6, 6.07) is 5.65. The maximum atomic E-state index is 6.19. The van der Waals surface area contributed by atoms with E-state index in [1.54, 1.807) is 7.11 Å². The van der Waals surface area contributed by atoms with Crippen molar-refractivity contribution in [1.82, 2.24) is 9.97 Å². The number of hydrogen-bond donors (Lipinski definition) is 1. The zero-order chi connectivity index (χ0) is 14.0. The van der Waals surface area contributed by atoms with Crippen molar-refractivity contribution in [1.29, 1.82) is 0 Å². The summed E-state index contributed by atoms with van der Waals surface area (Å²) in [5, 5.41) is 3.71. The van der Waals surface area contributed by atoms with E-state index in [0.29, 0.717) is 10.8 Å². The standard InChI is InChI=1S/C14H16ClN3O/c1-8-5-13(19-4)10(6-11(8)15)12-7-14(16-3)18-9(2)17-12/h5-7H,1-4H3,(H,16,17,18). The number of nitrogens with one attached hydrogen (secondary N) is 1. The van der Waals surface area contributed by atoms with Crippen molar-refractivity contribution in [2.75, 3.05) is 19.5 Å². The zero-order valence-electron chi connectivity index (χ0n) is 11.4. The predicted octanol–water partition coefficient (Wildman–Crippen LogP) is 3.46. The topological polar surface area (TPSA) is 47.0 Å². The van der Waals surface area contributed by atoms with Crippen molar-refractivity contribution in [3.05, 3.63) is 34.6 Å². The number of aryl methyl sites for hydroxylation is 2. The lowest BCUT2D eigenvalue weighted by atomic mass is 10.1. The highest BCUT2D eigenvalue weighted by molar-refractivity contribution is 6.31. The van der Waals surface area contributed by atoms with E-state index in [4.69, 9.17) is 16.3 Å². The molecule has 19 heavy (non-hydrogen) atoms. The Morgan fingerprint density at radius 2 is 1.89 bits per heavy atom. The Morgan fingerprint density at radius 1 is 1.16 bits per heavy atom. The second kappa shape index (κ2) is 5.45. The van der Waals surface area contributed by atoms with E-state index in [1.165, 1.54) is 0 Å². The molecule has 0 aliphatic carbocycles. The van der Waals surface area contributed by atoms with E-state index in [2.05, 4.69) is 15.3 Å². The molecule has 2 aromatic rings. The van der Waals surface area contributed by atoms with Gasteiger partial charge in [-0.3, -0.25) is 0 Å². The molecule has 4 nitrogen and oxygen atoms in total. The molecule has 0 fully saturated rings. The number of benzene rings is 1. The Kier molecular flexibility index (Phi) is 3.90. The molecule has 0 atom stereocenters. The van der Waals surface area contributed by atoms with Crippen LogP contribution < -0.4 is 10.1 Å². The second-order valence-electron chi connectivity index (χ2n) is 4.24. The molecule has 2 rings (SSSR count). The number of methoxy groups -OCH3 is 1. The third-order valence-electron chi connectivity index (χ3n) is 2.85. The van der Waals surface area contributed by atoms with Gasteiger partial charge < -0.3 is 10.1 Å². The number of anilines is 1. The summed E-state index contributed by atoms with van der Waals surface area (Å²) in [4.78, 5) is 8.72. The van der Waals surface area contributed by atoms with Crippen molar-refractivity contribution in [2.24, 2.45) is 0 Å². The molecular formula is C14H16ClN3O. The third kappa shape index (κ3) is 2.79. The first-order valence-corrected chi connectivity index (χ1v) is 6.31. The highest BCUT2D eigenvalue weighted by atomic mass is 35.5. The van der Waals surface area contributed by atoms with Gasteiger partial charge in [0, 0.05) is 23.7 Å². The summed E-state index contributed by atoms with van der Waals surface area (Å²) in [6.07, 6.45) is 0. The van der Waals surface area contributed by atoms with Crippen LogP contribution in [-0.2, 0) is 0 Å². The van der Waals surface area contributed by atoms with Crippen LogP contribution in [0.5, 0.6) is 5.75 Å². The van der Waals surface area contributed by atoms with Crippen LogP contribution in [0.1, 0.15) is 11.4 Å². The average Bonchev–Trinajstić information content (AvgIpc) is 2.40. The van der Waals surface area contributed by atoms with E-state index in [1.807, 2.05) is 39.1 Å². The molecule has 0 aliphatic heterocycles. The smallest absolute Gasteiger partial charge is 0.130 e. The molecule has 0 spiro atoms. The van der Waals surface area contributed by atoms with Crippen molar-refractivity contribution in [3.8, 4) is 17.0 Å². The number of nitrogens with zero attached hydrogens (tertiary/aromatic N) is 2. The largest absolute Gasteiger partial charge is 0.496 e. The molecule has 5 heteroatoms. The van der Waals surface area contributed by atoms with Crippen molar-refractivity contribution in [2.45, 2.75) is 13.8 Å². The van der Waals surface area contributed by atoms with Gasteiger partial charge in [0.2, 0.25) is 0 Å². The number of hydrogen-bond acceptors (Lipinski definition) is 4. The summed E-state index contributed by atoms with van der Waals surface area (Å²) in [5.41, 5.74) is 2.62. The number of aromatic nitrogens is 2. The zero-order valence-corrected chi connectivity index (χ0v) is 12.2. The molecule has 0 radical (unpaired) electrons. The molecule has 0 unspecified atom stereocenters. The molecule has 0 amide bonds. The van der Waals surface area contributed by atoms with E-state index in [-0.39, 0.29) is 0 Å². The molecule has 0 saturated heterocycles. The lowest BCUT2D eigenvalue weighted by molar-refractivity contribution is 0.416. The van der Waals surface area contributed by atoms with Crippen LogP contribution in [-0.4, -0.2) is 24.1 Å². The van der Waals surface area contributed by atoms with Gasteiger partial charge in [-0.2, -0.15) is 0 Å². The molecular weight excluding hydrogens is 262 g/mol. The fourth-order valence-corrected chi connectivity index (χ4v) is 2.02. The fourth-order valence-electron chi connectivity index (χ4n) is 1.86. The highest BCUT2D eigenvalue weighted by Gasteiger charge is 2.12. The lowest BCUT2D eigenvalue weighted by Crippen LogP contribution is -1.99. The van der Waals surface area contributed by atoms with Gasteiger partial charge >= 0.3 is 0 Å². The highest BCUT2D eigenvalue weighted by Crippen LogP contribution is 2.34. The van der Waals surface area contributed by atoms with Gasteiger partial charge in [0.1, 0.15) is 17.4 Å². The number of halogens is 1. The molecule has 1 N–H and O–H groups in total. The van der Waals surface area contributed by atoms with Gasteiger partial charge in [0.15, 0.2) is 0 Å². The number of ether oxygens (including phenoxy) is 1. The van der Waals surface area contributed by atoms with E-state index in [9.17, 15) is 0 Å². The quantitative estimate of drug-likeness (QED) is 0.933. The van der Waals surface area contributed by atoms with Gasteiger partial charge in [-0.25, -0.2) is 9.97 Å². The Hall–Kier alpha value is -1.81. The molecule has 0 aliphatic rings. The van der Waals surface area contributed by atoms with Crippen LogP contribution in [0.2, 0.25) is 5.02 Å². The minimum Gasteiger partial charge on any atom is -0.496 e. The van der Waals surface area contributed by atoms with Crippen molar-refractivity contribution >= 4 is 17.4 Å². The van der Waals surface area contributed by atoms with Gasteiger partial charge in [0.05, 0.1) is 12.8 Å². The molecule has 1 aromatic carbocycles. The van der Waals surface area contributed by atoms with Crippen LogP contribution in [0, 0.1) is 13.8 Å².